The fourth-order valence-corrected chi connectivity index (χ4v) is 4.02. The standard InChI is InChI=1S/C18H30O17/c19-1-3-5(21)6(22)10(26)17(31-3)34-12-4(2-20)32-18(11(27)9(12)25)35-14-8(24)7(23)13(15(28)29)33-16(14)30/h3-14,16-27,30H,1-2H2,(H,28,29)/t3-,4-,5-,6+,7+,8+,9-,10-,11+,12-,13+,14-,16+,17+,18-/m1/s1. The molecule has 204 valence electrons. The van der Waals surface area contributed by atoms with Gasteiger partial charge in [0.05, 0.1) is 13.2 Å². The van der Waals surface area contributed by atoms with E-state index in [4.69, 9.17) is 28.8 Å². The van der Waals surface area contributed by atoms with Crippen LogP contribution >= 0.6 is 0 Å². The van der Waals surface area contributed by atoms with E-state index in [-0.39, 0.29) is 0 Å². The number of rotatable bonds is 7. The van der Waals surface area contributed by atoms with E-state index in [1.165, 1.54) is 0 Å². The van der Waals surface area contributed by atoms with Crippen LogP contribution in [0, 0.1) is 0 Å². The second-order valence-corrected chi connectivity index (χ2v) is 8.37. The van der Waals surface area contributed by atoms with Crippen LogP contribution in [0.2, 0.25) is 0 Å². The van der Waals surface area contributed by atoms with Crippen LogP contribution in [0.1, 0.15) is 0 Å². The smallest absolute Gasteiger partial charge is 0.335 e. The van der Waals surface area contributed by atoms with Crippen LogP contribution < -0.4 is 0 Å². The fourth-order valence-electron chi connectivity index (χ4n) is 4.02. The van der Waals surface area contributed by atoms with E-state index in [2.05, 4.69) is 0 Å². The Morgan fingerprint density at radius 3 is 1.63 bits per heavy atom. The average molecular weight is 518 g/mol. The second-order valence-electron chi connectivity index (χ2n) is 8.37. The first-order valence-electron chi connectivity index (χ1n) is 10.6. The maximum absolute atomic E-state index is 11.1. The molecule has 3 aliphatic heterocycles. The van der Waals surface area contributed by atoms with Crippen molar-refractivity contribution < 1.29 is 84.7 Å². The Bertz CT molecular complexity index is 707. The van der Waals surface area contributed by atoms with Crippen molar-refractivity contribution in [3.05, 3.63) is 0 Å². The zero-order valence-electron chi connectivity index (χ0n) is 17.9. The maximum atomic E-state index is 11.1. The lowest BCUT2D eigenvalue weighted by Crippen LogP contribution is -2.66. The number of aliphatic hydroxyl groups excluding tert-OH is 10. The first-order valence-corrected chi connectivity index (χ1v) is 10.6. The molecule has 17 heteroatoms. The first-order chi connectivity index (χ1) is 16.4. The number of carbonyl (C=O) groups is 1. The highest BCUT2D eigenvalue weighted by Crippen LogP contribution is 2.32. The molecule has 0 bridgehead atoms. The molecule has 0 saturated carbocycles. The maximum Gasteiger partial charge on any atom is 0.335 e. The normalized spacial score (nSPS) is 51.2. The lowest BCUT2D eigenvalue weighted by Gasteiger charge is -2.47. The molecule has 3 saturated heterocycles. The SMILES string of the molecule is O=C(O)[C@H]1O[C@H](O)[C@H](O[C@H]2O[C@H](CO)[C@@H](O[C@@H]3O[C@H](CO)[C@@H](O)[C@H](O)[C@H]3O)[C@H](O)[C@@H]2O)[C@@H](O)[C@@H]1O. The minimum absolute atomic E-state index is 0.765. The average Bonchev–Trinajstić information content (AvgIpc) is 2.82. The Kier molecular flexibility index (Phi) is 9.35. The third-order valence-electron chi connectivity index (χ3n) is 6.06. The molecule has 0 radical (unpaired) electrons. The summed E-state index contributed by atoms with van der Waals surface area (Å²) in [6, 6.07) is 0. The lowest BCUT2D eigenvalue weighted by atomic mass is 9.96. The van der Waals surface area contributed by atoms with Crippen LogP contribution in [0.15, 0.2) is 0 Å². The summed E-state index contributed by atoms with van der Waals surface area (Å²) in [6.45, 7) is -1.64. The molecule has 0 amide bonds. The number of hydrogen-bond donors (Lipinski definition) is 11. The quantitative estimate of drug-likeness (QED) is 0.149. The van der Waals surface area contributed by atoms with E-state index in [1.807, 2.05) is 0 Å². The van der Waals surface area contributed by atoms with Crippen molar-refractivity contribution in [2.45, 2.75) is 92.1 Å². The first kappa shape index (κ1) is 28.4. The summed E-state index contributed by atoms with van der Waals surface area (Å²) < 4.78 is 25.8. The van der Waals surface area contributed by atoms with E-state index in [0.717, 1.165) is 0 Å². The number of aliphatic carboxylic acids is 1. The predicted octanol–water partition coefficient (Wildman–Crippen LogP) is -7.48. The highest BCUT2D eigenvalue weighted by atomic mass is 16.8. The summed E-state index contributed by atoms with van der Waals surface area (Å²) in [4.78, 5) is 11.1. The zero-order valence-corrected chi connectivity index (χ0v) is 17.9. The van der Waals surface area contributed by atoms with Crippen molar-refractivity contribution in [2.24, 2.45) is 0 Å². The summed E-state index contributed by atoms with van der Waals surface area (Å²) in [6.07, 6.45) is -27.4. The molecule has 15 atom stereocenters. The molecule has 0 spiro atoms. The van der Waals surface area contributed by atoms with Crippen LogP contribution in [0.25, 0.3) is 0 Å². The zero-order chi connectivity index (χ0) is 26.2. The molecule has 0 aliphatic carbocycles. The van der Waals surface area contributed by atoms with Gasteiger partial charge >= 0.3 is 5.97 Å². The second kappa shape index (κ2) is 11.5. The van der Waals surface area contributed by atoms with Crippen molar-refractivity contribution in [1.82, 2.24) is 0 Å². The number of carboxylic acids is 1. The lowest BCUT2D eigenvalue weighted by molar-refractivity contribution is -0.380. The molecular weight excluding hydrogens is 488 g/mol. The molecule has 0 unspecified atom stereocenters. The minimum atomic E-state index is -2.10. The van der Waals surface area contributed by atoms with Gasteiger partial charge in [-0.15, -0.1) is 0 Å². The van der Waals surface area contributed by atoms with Gasteiger partial charge in [-0.1, -0.05) is 0 Å². The van der Waals surface area contributed by atoms with E-state index in [1.54, 1.807) is 0 Å². The van der Waals surface area contributed by atoms with Crippen LogP contribution in [-0.2, 0) is 28.5 Å². The molecule has 0 aromatic carbocycles. The number of aliphatic hydroxyl groups is 10. The summed E-state index contributed by atoms with van der Waals surface area (Å²) in [5.74, 6) is -1.67. The van der Waals surface area contributed by atoms with E-state index < -0.39 is 111 Å². The highest BCUT2D eigenvalue weighted by Gasteiger charge is 2.54. The van der Waals surface area contributed by atoms with Crippen LogP contribution in [-0.4, -0.2) is 167 Å². The van der Waals surface area contributed by atoms with Gasteiger partial charge in [0.25, 0.3) is 0 Å². The summed E-state index contributed by atoms with van der Waals surface area (Å²) in [7, 11) is 0. The van der Waals surface area contributed by atoms with Gasteiger partial charge in [-0.2, -0.15) is 0 Å². The molecule has 17 nitrogen and oxygen atoms in total. The molecule has 0 aromatic rings. The van der Waals surface area contributed by atoms with E-state index >= 15 is 0 Å². The molecule has 3 rings (SSSR count). The van der Waals surface area contributed by atoms with Gasteiger partial charge in [-0.3, -0.25) is 0 Å². The third-order valence-corrected chi connectivity index (χ3v) is 6.06. The molecular formula is C18H30O17. The minimum Gasteiger partial charge on any atom is -0.479 e. The van der Waals surface area contributed by atoms with Gasteiger partial charge in [-0.05, 0) is 0 Å². The Morgan fingerprint density at radius 1 is 0.600 bits per heavy atom. The van der Waals surface area contributed by atoms with E-state index in [9.17, 15) is 55.9 Å². The largest absolute Gasteiger partial charge is 0.479 e. The van der Waals surface area contributed by atoms with Crippen LogP contribution in [0.3, 0.4) is 0 Å². The van der Waals surface area contributed by atoms with Gasteiger partial charge in [0.2, 0.25) is 0 Å². The Morgan fingerprint density at radius 2 is 1.09 bits per heavy atom. The van der Waals surface area contributed by atoms with Crippen molar-refractivity contribution in [3.63, 3.8) is 0 Å². The monoisotopic (exact) mass is 518 g/mol. The van der Waals surface area contributed by atoms with Gasteiger partial charge in [0, 0.05) is 0 Å². The summed E-state index contributed by atoms with van der Waals surface area (Å²) in [5.41, 5.74) is 0. The van der Waals surface area contributed by atoms with Gasteiger partial charge < -0.3 is 79.9 Å². The Balaban J connectivity index is 1.70. The molecule has 35 heavy (non-hydrogen) atoms. The highest BCUT2D eigenvalue weighted by molar-refractivity contribution is 5.73. The van der Waals surface area contributed by atoms with Crippen LogP contribution in [0.4, 0.5) is 0 Å². The number of hydrogen-bond acceptors (Lipinski definition) is 16. The number of carboxylic acid groups (broad SMARTS) is 1. The van der Waals surface area contributed by atoms with Gasteiger partial charge in [-0.25, -0.2) is 4.79 Å². The van der Waals surface area contributed by atoms with Crippen molar-refractivity contribution in [2.75, 3.05) is 13.2 Å². The van der Waals surface area contributed by atoms with Crippen molar-refractivity contribution in [3.8, 4) is 0 Å². The molecule has 3 aliphatic rings. The van der Waals surface area contributed by atoms with Gasteiger partial charge in [0.15, 0.2) is 25.0 Å². The van der Waals surface area contributed by atoms with Crippen molar-refractivity contribution >= 4 is 5.97 Å². The van der Waals surface area contributed by atoms with Gasteiger partial charge in [0.1, 0.15) is 67.1 Å². The molecule has 11 N–H and O–H groups in total. The number of ether oxygens (including phenoxy) is 5. The summed E-state index contributed by atoms with van der Waals surface area (Å²) in [5, 5.41) is 109. The van der Waals surface area contributed by atoms with Crippen molar-refractivity contribution in [1.29, 1.82) is 0 Å². The molecule has 3 heterocycles. The van der Waals surface area contributed by atoms with E-state index in [0.29, 0.717) is 0 Å². The Labute approximate surface area is 196 Å². The third kappa shape index (κ3) is 5.59. The summed E-state index contributed by atoms with van der Waals surface area (Å²) >= 11 is 0. The molecule has 0 aromatic heterocycles. The fraction of sp³-hybridized carbons (Fsp3) is 0.944. The predicted molar refractivity (Wildman–Crippen MR) is 102 cm³/mol. The van der Waals surface area contributed by atoms with Crippen LogP contribution in [0.5, 0.6) is 0 Å². The topological polar surface area (TPSA) is 286 Å². The Hall–Kier alpha value is -1.13. The molecule has 3 fully saturated rings.